The molecular formula is C14H21N3. The fraction of sp³-hybridized carbons (Fsp3) is 0.500. The first-order valence-corrected chi connectivity index (χ1v) is 6.42. The molecule has 0 amide bonds. The van der Waals surface area contributed by atoms with Gasteiger partial charge in [-0.1, -0.05) is 29.8 Å². The van der Waals surface area contributed by atoms with Crippen LogP contribution in [0.25, 0.3) is 0 Å². The number of hydrogen-bond acceptors (Lipinski definition) is 3. The number of aliphatic imine (C=N–C) groups is 1. The molecule has 17 heavy (non-hydrogen) atoms. The lowest BCUT2D eigenvalue weighted by atomic mass is 10.1. The van der Waals surface area contributed by atoms with Gasteiger partial charge >= 0.3 is 0 Å². The maximum absolute atomic E-state index is 4.47. The fourth-order valence-corrected chi connectivity index (χ4v) is 2.00. The molecule has 1 aliphatic rings. The monoisotopic (exact) mass is 231 g/mol. The van der Waals surface area contributed by atoms with Gasteiger partial charge in [-0.2, -0.15) is 0 Å². The van der Waals surface area contributed by atoms with E-state index in [4.69, 9.17) is 0 Å². The van der Waals surface area contributed by atoms with Crippen molar-refractivity contribution in [3.05, 3.63) is 35.4 Å². The highest BCUT2D eigenvalue weighted by atomic mass is 15.2. The zero-order valence-corrected chi connectivity index (χ0v) is 10.5. The van der Waals surface area contributed by atoms with E-state index in [1.165, 1.54) is 24.0 Å². The van der Waals surface area contributed by atoms with Gasteiger partial charge < -0.3 is 10.6 Å². The second-order valence-corrected chi connectivity index (χ2v) is 4.53. The van der Waals surface area contributed by atoms with Gasteiger partial charge in [-0.3, -0.25) is 4.99 Å². The first-order valence-electron chi connectivity index (χ1n) is 6.42. The summed E-state index contributed by atoms with van der Waals surface area (Å²) in [4.78, 5) is 4.47. The Morgan fingerprint density at radius 1 is 1.35 bits per heavy atom. The van der Waals surface area contributed by atoms with Crippen molar-refractivity contribution in [1.82, 2.24) is 10.6 Å². The Balaban J connectivity index is 1.77. The van der Waals surface area contributed by atoms with E-state index in [2.05, 4.69) is 46.8 Å². The Bertz CT molecular complexity index is 385. The number of nitrogens with zero attached hydrogens (tertiary/aromatic N) is 1. The normalized spacial score (nSPS) is 15.7. The summed E-state index contributed by atoms with van der Waals surface area (Å²) in [6.07, 6.45) is 3.45. The molecule has 0 saturated carbocycles. The van der Waals surface area contributed by atoms with Gasteiger partial charge in [-0.25, -0.2) is 0 Å². The Morgan fingerprint density at radius 2 is 2.29 bits per heavy atom. The average molecular weight is 231 g/mol. The molecule has 3 nitrogen and oxygen atoms in total. The van der Waals surface area contributed by atoms with Crippen LogP contribution < -0.4 is 10.6 Å². The van der Waals surface area contributed by atoms with Crippen LogP contribution in [0, 0.1) is 6.92 Å². The third kappa shape index (κ3) is 4.10. The van der Waals surface area contributed by atoms with Crippen molar-refractivity contribution in [3.63, 3.8) is 0 Å². The molecule has 0 fully saturated rings. The van der Waals surface area contributed by atoms with Crippen molar-refractivity contribution in [2.24, 2.45) is 4.99 Å². The largest absolute Gasteiger partial charge is 0.356 e. The van der Waals surface area contributed by atoms with Crippen LogP contribution in [-0.4, -0.2) is 25.6 Å². The van der Waals surface area contributed by atoms with Gasteiger partial charge in [-0.05, 0) is 31.7 Å². The second-order valence-electron chi connectivity index (χ2n) is 4.53. The molecule has 1 aromatic carbocycles. The van der Waals surface area contributed by atoms with E-state index >= 15 is 0 Å². The molecular weight excluding hydrogens is 210 g/mol. The number of rotatable bonds is 3. The number of benzene rings is 1. The number of nitrogens with one attached hydrogen (secondary N) is 2. The molecule has 0 atom stereocenters. The van der Waals surface area contributed by atoms with E-state index < -0.39 is 0 Å². The van der Waals surface area contributed by atoms with Crippen LogP contribution in [0.15, 0.2) is 29.3 Å². The molecule has 1 heterocycles. The Morgan fingerprint density at radius 3 is 3.18 bits per heavy atom. The van der Waals surface area contributed by atoms with Gasteiger partial charge in [-0.15, -0.1) is 0 Å². The summed E-state index contributed by atoms with van der Waals surface area (Å²) in [5.74, 6) is 0.968. The molecule has 1 aromatic rings. The smallest absolute Gasteiger partial charge is 0.191 e. The van der Waals surface area contributed by atoms with Crippen molar-refractivity contribution in [2.45, 2.75) is 26.2 Å². The minimum atomic E-state index is 0.940. The van der Waals surface area contributed by atoms with Crippen LogP contribution in [0.4, 0.5) is 0 Å². The van der Waals surface area contributed by atoms with Crippen LogP contribution in [0.5, 0.6) is 0 Å². The molecule has 3 heteroatoms. The molecule has 0 saturated heterocycles. The van der Waals surface area contributed by atoms with Gasteiger partial charge in [0, 0.05) is 19.6 Å². The van der Waals surface area contributed by atoms with E-state index in [0.29, 0.717) is 0 Å². The lowest BCUT2D eigenvalue weighted by molar-refractivity contribution is 0.741. The quantitative estimate of drug-likeness (QED) is 0.833. The van der Waals surface area contributed by atoms with E-state index in [9.17, 15) is 0 Å². The predicted molar refractivity (Wildman–Crippen MR) is 72.4 cm³/mol. The number of aryl methyl sites for hydroxylation is 1. The summed E-state index contributed by atoms with van der Waals surface area (Å²) < 4.78 is 0. The number of hydrogen-bond donors (Lipinski definition) is 2. The van der Waals surface area contributed by atoms with Gasteiger partial charge in [0.05, 0.1) is 0 Å². The molecule has 92 valence electrons. The first kappa shape index (κ1) is 12.0. The lowest BCUT2D eigenvalue weighted by Gasteiger charge is -2.10. The summed E-state index contributed by atoms with van der Waals surface area (Å²) in [6.45, 7) is 5.05. The summed E-state index contributed by atoms with van der Waals surface area (Å²) in [5.41, 5.74) is 2.71. The predicted octanol–water partition coefficient (Wildman–Crippen LogP) is 1.87. The van der Waals surface area contributed by atoms with Crippen molar-refractivity contribution >= 4 is 5.96 Å². The Labute approximate surface area is 103 Å². The van der Waals surface area contributed by atoms with Crippen LogP contribution in [0.2, 0.25) is 0 Å². The van der Waals surface area contributed by atoms with Crippen LogP contribution in [0.3, 0.4) is 0 Å². The van der Waals surface area contributed by atoms with E-state index in [1.54, 1.807) is 0 Å². The third-order valence-corrected chi connectivity index (χ3v) is 2.94. The van der Waals surface area contributed by atoms with Crippen molar-refractivity contribution in [3.8, 4) is 0 Å². The summed E-state index contributed by atoms with van der Waals surface area (Å²) in [5, 5.41) is 6.69. The molecule has 0 radical (unpaired) electrons. The molecule has 0 bridgehead atoms. The van der Waals surface area contributed by atoms with Crippen molar-refractivity contribution < 1.29 is 0 Å². The van der Waals surface area contributed by atoms with Crippen LogP contribution >= 0.6 is 0 Å². The highest BCUT2D eigenvalue weighted by molar-refractivity contribution is 5.79. The van der Waals surface area contributed by atoms with Gasteiger partial charge in [0.15, 0.2) is 5.96 Å². The maximum atomic E-state index is 4.47. The summed E-state index contributed by atoms with van der Waals surface area (Å²) >= 11 is 0. The molecule has 0 spiro atoms. The highest BCUT2D eigenvalue weighted by Gasteiger charge is 2.01. The van der Waals surface area contributed by atoms with Gasteiger partial charge in [0.25, 0.3) is 0 Å². The molecule has 0 aromatic heterocycles. The average Bonchev–Trinajstić information content (AvgIpc) is 2.58. The second kappa shape index (κ2) is 6.28. The van der Waals surface area contributed by atoms with Gasteiger partial charge in [0.1, 0.15) is 0 Å². The molecule has 1 aliphatic heterocycles. The summed E-state index contributed by atoms with van der Waals surface area (Å²) in [7, 11) is 0. The summed E-state index contributed by atoms with van der Waals surface area (Å²) in [6, 6.07) is 8.67. The van der Waals surface area contributed by atoms with Crippen molar-refractivity contribution in [1.29, 1.82) is 0 Å². The minimum absolute atomic E-state index is 0.940. The van der Waals surface area contributed by atoms with E-state index in [-0.39, 0.29) is 0 Å². The van der Waals surface area contributed by atoms with Gasteiger partial charge in [0.2, 0.25) is 0 Å². The first-order chi connectivity index (χ1) is 8.34. The van der Waals surface area contributed by atoms with E-state index in [1.807, 2.05) is 0 Å². The molecule has 2 N–H and O–H groups in total. The molecule has 2 rings (SSSR count). The lowest BCUT2D eigenvalue weighted by Crippen LogP contribution is -2.38. The Hall–Kier alpha value is -1.51. The molecule has 0 aliphatic carbocycles. The zero-order chi connectivity index (χ0) is 11.9. The minimum Gasteiger partial charge on any atom is -0.356 e. The fourth-order valence-electron chi connectivity index (χ4n) is 2.00. The zero-order valence-electron chi connectivity index (χ0n) is 10.5. The SMILES string of the molecule is Cc1cccc(CCNC2=NCCCCN2)c1. The Kier molecular flexibility index (Phi) is 4.42. The highest BCUT2D eigenvalue weighted by Crippen LogP contribution is 2.03. The maximum Gasteiger partial charge on any atom is 0.191 e. The van der Waals surface area contributed by atoms with E-state index in [0.717, 1.165) is 32.0 Å². The number of guanidine groups is 1. The van der Waals surface area contributed by atoms with Crippen LogP contribution in [-0.2, 0) is 6.42 Å². The van der Waals surface area contributed by atoms with Crippen molar-refractivity contribution in [2.75, 3.05) is 19.6 Å². The van der Waals surface area contributed by atoms with Crippen LogP contribution in [0.1, 0.15) is 24.0 Å². The third-order valence-electron chi connectivity index (χ3n) is 2.94. The molecule has 0 unspecified atom stereocenters. The topological polar surface area (TPSA) is 36.4 Å². The standard InChI is InChI=1S/C14H21N3/c1-12-5-4-6-13(11-12)7-10-17-14-15-8-2-3-9-16-14/h4-6,11H,2-3,7-10H2,1H3,(H2,15,16,17).